The highest BCUT2D eigenvalue weighted by atomic mass is 32.2. The molecule has 0 bridgehead atoms. The van der Waals surface area contributed by atoms with Crippen molar-refractivity contribution in [3.05, 3.63) is 23.8 Å². The zero-order valence-corrected chi connectivity index (χ0v) is 11.2. The van der Waals surface area contributed by atoms with Gasteiger partial charge in [0.1, 0.15) is 5.82 Å². The highest BCUT2D eigenvalue weighted by molar-refractivity contribution is 8.00. The number of thioether (sulfide) groups is 1. The molecule has 5 heteroatoms. The number of nitrogens with one attached hydrogen (secondary N) is 1. The van der Waals surface area contributed by atoms with Crippen LogP contribution in [0, 0.1) is 11.6 Å². The van der Waals surface area contributed by atoms with Gasteiger partial charge in [-0.25, -0.2) is 8.78 Å². The van der Waals surface area contributed by atoms with Gasteiger partial charge in [-0.15, -0.1) is 0 Å². The molecule has 0 radical (unpaired) electrons. The summed E-state index contributed by atoms with van der Waals surface area (Å²) < 4.78 is 26.6. The number of benzene rings is 1. The van der Waals surface area contributed by atoms with E-state index >= 15 is 0 Å². The van der Waals surface area contributed by atoms with E-state index in [0.29, 0.717) is 12.2 Å². The summed E-state index contributed by atoms with van der Waals surface area (Å²) in [5.41, 5.74) is 5.96. The lowest BCUT2D eigenvalue weighted by Crippen LogP contribution is -2.30. The SMILES string of the molecule is CSC1(CNc2cc(F)cc(F)c2N)CCCC1. The molecular formula is C13H18F2N2S. The molecule has 1 aromatic rings. The van der Waals surface area contributed by atoms with Crippen molar-refractivity contribution in [2.75, 3.05) is 23.9 Å². The van der Waals surface area contributed by atoms with Crippen LogP contribution < -0.4 is 11.1 Å². The Hall–Kier alpha value is -0.970. The average Bonchev–Trinajstić information content (AvgIpc) is 2.81. The molecule has 1 saturated carbocycles. The number of hydrogen-bond acceptors (Lipinski definition) is 3. The van der Waals surface area contributed by atoms with Crippen LogP contribution in [0.3, 0.4) is 0 Å². The van der Waals surface area contributed by atoms with Gasteiger partial charge in [0.05, 0.1) is 11.4 Å². The smallest absolute Gasteiger partial charge is 0.151 e. The Morgan fingerprint density at radius 3 is 2.61 bits per heavy atom. The van der Waals surface area contributed by atoms with Crippen LogP contribution in [0.15, 0.2) is 12.1 Å². The summed E-state index contributed by atoms with van der Waals surface area (Å²) in [4.78, 5) is 0. The van der Waals surface area contributed by atoms with Gasteiger partial charge in [0.15, 0.2) is 5.82 Å². The van der Waals surface area contributed by atoms with Crippen LogP contribution >= 0.6 is 11.8 Å². The third kappa shape index (κ3) is 2.71. The van der Waals surface area contributed by atoms with Crippen LogP contribution in [0.2, 0.25) is 0 Å². The number of hydrogen-bond donors (Lipinski definition) is 2. The molecule has 0 amide bonds. The van der Waals surface area contributed by atoms with Crippen LogP contribution in [-0.4, -0.2) is 17.5 Å². The zero-order valence-electron chi connectivity index (χ0n) is 10.4. The van der Waals surface area contributed by atoms with Gasteiger partial charge in [-0.05, 0) is 25.2 Å². The molecule has 2 rings (SSSR count). The first-order chi connectivity index (χ1) is 8.56. The minimum Gasteiger partial charge on any atom is -0.395 e. The van der Waals surface area contributed by atoms with E-state index in [-0.39, 0.29) is 10.4 Å². The number of halogens is 2. The minimum atomic E-state index is -0.706. The highest BCUT2D eigenvalue weighted by Gasteiger charge is 2.32. The number of anilines is 2. The molecule has 1 aliphatic carbocycles. The molecule has 1 aliphatic rings. The molecule has 0 atom stereocenters. The fourth-order valence-corrected chi connectivity index (χ4v) is 3.37. The second-order valence-electron chi connectivity index (χ2n) is 4.80. The van der Waals surface area contributed by atoms with Crippen molar-refractivity contribution < 1.29 is 8.78 Å². The maximum Gasteiger partial charge on any atom is 0.151 e. The molecule has 3 N–H and O–H groups in total. The van der Waals surface area contributed by atoms with E-state index in [9.17, 15) is 8.78 Å². The van der Waals surface area contributed by atoms with Crippen molar-refractivity contribution in [1.29, 1.82) is 0 Å². The molecule has 0 aliphatic heterocycles. The van der Waals surface area contributed by atoms with E-state index in [4.69, 9.17) is 5.73 Å². The van der Waals surface area contributed by atoms with Crippen molar-refractivity contribution in [2.45, 2.75) is 30.4 Å². The van der Waals surface area contributed by atoms with E-state index in [1.165, 1.54) is 18.9 Å². The minimum absolute atomic E-state index is 0.00866. The summed E-state index contributed by atoms with van der Waals surface area (Å²) in [5, 5.41) is 3.10. The largest absolute Gasteiger partial charge is 0.395 e. The van der Waals surface area contributed by atoms with Crippen molar-refractivity contribution in [2.24, 2.45) is 0 Å². The van der Waals surface area contributed by atoms with E-state index in [1.807, 2.05) is 11.8 Å². The van der Waals surface area contributed by atoms with Gasteiger partial charge in [0.25, 0.3) is 0 Å². The van der Waals surface area contributed by atoms with Crippen molar-refractivity contribution >= 4 is 23.1 Å². The third-order valence-corrected chi connectivity index (χ3v) is 5.06. The molecule has 1 fully saturated rings. The lowest BCUT2D eigenvalue weighted by atomic mass is 10.1. The fraction of sp³-hybridized carbons (Fsp3) is 0.538. The van der Waals surface area contributed by atoms with Crippen molar-refractivity contribution in [3.63, 3.8) is 0 Å². The Kier molecular flexibility index (Phi) is 4.00. The predicted molar refractivity (Wildman–Crippen MR) is 74.0 cm³/mol. The Morgan fingerprint density at radius 1 is 1.33 bits per heavy atom. The lowest BCUT2D eigenvalue weighted by molar-refractivity contribution is 0.585. The Bertz CT molecular complexity index is 431. The summed E-state index contributed by atoms with van der Waals surface area (Å²) in [5.74, 6) is -1.31. The fourth-order valence-electron chi connectivity index (χ4n) is 2.46. The summed E-state index contributed by atoms with van der Waals surface area (Å²) >= 11 is 1.82. The Morgan fingerprint density at radius 2 is 2.00 bits per heavy atom. The number of nitrogen functional groups attached to an aromatic ring is 1. The number of rotatable bonds is 4. The Balaban J connectivity index is 2.10. The van der Waals surface area contributed by atoms with Gasteiger partial charge < -0.3 is 11.1 Å². The molecule has 100 valence electrons. The maximum absolute atomic E-state index is 13.3. The van der Waals surface area contributed by atoms with Gasteiger partial charge >= 0.3 is 0 Å². The van der Waals surface area contributed by atoms with Crippen LogP contribution in [0.25, 0.3) is 0 Å². The Labute approximate surface area is 110 Å². The van der Waals surface area contributed by atoms with Crippen LogP contribution in [0.4, 0.5) is 20.2 Å². The summed E-state index contributed by atoms with van der Waals surface area (Å²) in [6.45, 7) is 0.696. The van der Waals surface area contributed by atoms with Crippen LogP contribution in [0.1, 0.15) is 25.7 Å². The van der Waals surface area contributed by atoms with Gasteiger partial charge in [0.2, 0.25) is 0 Å². The molecule has 0 spiro atoms. The molecule has 0 saturated heterocycles. The topological polar surface area (TPSA) is 38.0 Å². The molecule has 2 nitrogen and oxygen atoms in total. The van der Waals surface area contributed by atoms with Crippen molar-refractivity contribution in [3.8, 4) is 0 Å². The lowest BCUT2D eigenvalue weighted by Gasteiger charge is -2.27. The highest BCUT2D eigenvalue weighted by Crippen LogP contribution is 2.40. The summed E-state index contributed by atoms with van der Waals surface area (Å²) in [6, 6.07) is 2.06. The predicted octanol–water partition coefficient (Wildman–Crippen LogP) is 3.63. The first-order valence-electron chi connectivity index (χ1n) is 6.10. The average molecular weight is 272 g/mol. The molecular weight excluding hydrogens is 254 g/mol. The quantitative estimate of drug-likeness (QED) is 0.822. The van der Waals surface area contributed by atoms with Crippen LogP contribution in [0.5, 0.6) is 0 Å². The molecule has 1 aromatic carbocycles. The molecule has 0 aromatic heterocycles. The third-order valence-electron chi connectivity index (χ3n) is 3.64. The van der Waals surface area contributed by atoms with Crippen LogP contribution in [-0.2, 0) is 0 Å². The molecule has 18 heavy (non-hydrogen) atoms. The second kappa shape index (κ2) is 5.34. The summed E-state index contributed by atoms with van der Waals surface area (Å²) in [7, 11) is 0. The van der Waals surface area contributed by atoms with E-state index < -0.39 is 11.6 Å². The van der Waals surface area contributed by atoms with Gasteiger partial charge in [-0.3, -0.25) is 0 Å². The summed E-state index contributed by atoms with van der Waals surface area (Å²) in [6.07, 6.45) is 6.80. The van der Waals surface area contributed by atoms with Gasteiger partial charge in [-0.2, -0.15) is 11.8 Å². The second-order valence-corrected chi connectivity index (χ2v) is 6.07. The molecule has 0 heterocycles. The van der Waals surface area contributed by atoms with Gasteiger partial charge in [0, 0.05) is 17.4 Å². The first kappa shape index (κ1) is 13.5. The first-order valence-corrected chi connectivity index (χ1v) is 7.32. The maximum atomic E-state index is 13.3. The van der Waals surface area contributed by atoms with Crippen molar-refractivity contribution in [1.82, 2.24) is 0 Å². The standard InChI is InChI=1S/C13H18F2N2S/c1-18-13(4-2-3-5-13)8-17-11-7-9(14)6-10(15)12(11)16/h6-7,17H,2-5,8,16H2,1H3. The normalized spacial score (nSPS) is 17.9. The number of nitrogens with two attached hydrogens (primary N) is 1. The zero-order chi connectivity index (χ0) is 13.2. The van der Waals surface area contributed by atoms with E-state index in [1.54, 1.807) is 0 Å². The molecule has 0 unspecified atom stereocenters. The monoisotopic (exact) mass is 272 g/mol. The van der Waals surface area contributed by atoms with E-state index in [2.05, 4.69) is 11.6 Å². The van der Waals surface area contributed by atoms with Gasteiger partial charge in [-0.1, -0.05) is 12.8 Å². The van der Waals surface area contributed by atoms with E-state index in [0.717, 1.165) is 18.9 Å².